The maximum atomic E-state index is 11.2. The molecule has 0 radical (unpaired) electrons. The monoisotopic (exact) mass is 297 g/mol. The molecule has 116 valence electrons. The minimum absolute atomic E-state index is 0.390. The van der Waals surface area contributed by atoms with E-state index in [9.17, 15) is 20.1 Å². The number of hydrogen-bond donors (Lipinski definition) is 4. The molecule has 0 saturated carbocycles. The van der Waals surface area contributed by atoms with Gasteiger partial charge in [-0.2, -0.15) is 0 Å². The summed E-state index contributed by atoms with van der Waals surface area (Å²) in [4.78, 5) is 11.2. The molecule has 1 aromatic carbocycles. The number of hydrogen-bond acceptors (Lipinski definition) is 6. The molecule has 1 aromatic rings. The zero-order valence-corrected chi connectivity index (χ0v) is 11.5. The second kappa shape index (κ2) is 6.86. The van der Waals surface area contributed by atoms with E-state index in [4.69, 9.17) is 9.47 Å². The van der Waals surface area contributed by atoms with E-state index in [1.165, 1.54) is 6.92 Å². The summed E-state index contributed by atoms with van der Waals surface area (Å²) in [6.07, 6.45) is -4.64. The summed E-state index contributed by atoms with van der Waals surface area (Å²) in [5, 5.41) is 31.7. The molecule has 21 heavy (non-hydrogen) atoms. The topological polar surface area (TPSA) is 108 Å². The molecule has 0 spiro atoms. The predicted octanol–water partition coefficient (Wildman–Crippen LogP) is -0.991. The van der Waals surface area contributed by atoms with Crippen molar-refractivity contribution in [2.75, 3.05) is 6.61 Å². The lowest BCUT2D eigenvalue weighted by molar-refractivity contribution is -0.244. The molecule has 1 heterocycles. The third-order valence-electron chi connectivity index (χ3n) is 3.25. The Bertz CT molecular complexity index is 468. The molecule has 1 saturated heterocycles. The molecule has 1 fully saturated rings. The number of carbonyl (C=O) groups is 1. The molecule has 2 rings (SSSR count). The van der Waals surface area contributed by atoms with Crippen LogP contribution in [0.25, 0.3) is 0 Å². The number of aliphatic hydroxyl groups is 3. The zero-order chi connectivity index (χ0) is 15.4. The molecule has 4 N–H and O–H groups in total. The average Bonchev–Trinajstić information content (AvgIpc) is 2.47. The Morgan fingerprint density at radius 1 is 1.29 bits per heavy atom. The van der Waals surface area contributed by atoms with Gasteiger partial charge in [-0.05, 0) is 12.1 Å². The highest BCUT2D eigenvalue weighted by Crippen LogP contribution is 2.24. The first-order chi connectivity index (χ1) is 10.0. The van der Waals surface area contributed by atoms with E-state index in [0.29, 0.717) is 5.75 Å². The van der Waals surface area contributed by atoms with Crippen molar-refractivity contribution in [3.05, 3.63) is 30.3 Å². The number of amides is 1. The third-order valence-corrected chi connectivity index (χ3v) is 3.25. The number of ether oxygens (including phenoxy) is 2. The van der Waals surface area contributed by atoms with Gasteiger partial charge in [0.15, 0.2) is 0 Å². The Kier molecular flexibility index (Phi) is 5.13. The van der Waals surface area contributed by atoms with Gasteiger partial charge in [-0.3, -0.25) is 4.79 Å². The van der Waals surface area contributed by atoms with Crippen molar-refractivity contribution in [3.8, 4) is 5.75 Å². The van der Waals surface area contributed by atoms with Crippen LogP contribution in [0.3, 0.4) is 0 Å². The maximum absolute atomic E-state index is 11.2. The zero-order valence-electron chi connectivity index (χ0n) is 11.5. The molecule has 0 aromatic heterocycles. The normalized spacial score (nSPS) is 32.5. The molecule has 0 aliphatic carbocycles. The summed E-state index contributed by atoms with van der Waals surface area (Å²) in [6, 6.07) is 7.79. The highest BCUT2D eigenvalue weighted by molar-refractivity contribution is 5.73. The first-order valence-corrected chi connectivity index (χ1v) is 6.64. The van der Waals surface area contributed by atoms with E-state index in [0.717, 1.165) is 0 Å². The number of rotatable bonds is 4. The van der Waals surface area contributed by atoms with Crippen LogP contribution < -0.4 is 10.1 Å². The van der Waals surface area contributed by atoms with Crippen LogP contribution in [-0.4, -0.2) is 58.5 Å². The van der Waals surface area contributed by atoms with Crippen molar-refractivity contribution in [1.29, 1.82) is 0 Å². The fourth-order valence-corrected chi connectivity index (χ4v) is 2.20. The first-order valence-electron chi connectivity index (χ1n) is 6.64. The van der Waals surface area contributed by atoms with Gasteiger partial charge in [0.25, 0.3) is 0 Å². The lowest BCUT2D eigenvalue weighted by atomic mass is 9.97. The number of nitrogens with one attached hydrogen (secondary N) is 1. The Labute approximate surface area is 122 Å². The highest BCUT2D eigenvalue weighted by atomic mass is 16.7. The molecule has 0 unspecified atom stereocenters. The minimum atomic E-state index is -1.32. The summed E-state index contributed by atoms with van der Waals surface area (Å²) in [5.74, 6) is 0.0945. The molecule has 1 aliphatic rings. The lowest BCUT2D eigenvalue weighted by Crippen LogP contribution is -2.65. The van der Waals surface area contributed by atoms with Crippen LogP contribution in [0.1, 0.15) is 6.92 Å². The van der Waals surface area contributed by atoms with E-state index in [-0.39, 0.29) is 5.91 Å². The van der Waals surface area contributed by atoms with Crippen LogP contribution in [0.4, 0.5) is 0 Å². The van der Waals surface area contributed by atoms with Crippen LogP contribution >= 0.6 is 0 Å². The van der Waals surface area contributed by atoms with Crippen LogP contribution in [0, 0.1) is 0 Å². The Balaban J connectivity index is 2.18. The van der Waals surface area contributed by atoms with E-state index in [1.807, 2.05) is 6.07 Å². The van der Waals surface area contributed by atoms with Gasteiger partial charge in [0.2, 0.25) is 12.2 Å². The van der Waals surface area contributed by atoms with Crippen molar-refractivity contribution < 1.29 is 29.6 Å². The number of para-hydroxylation sites is 1. The molecular formula is C14H19NO6. The third kappa shape index (κ3) is 3.70. The number of benzene rings is 1. The van der Waals surface area contributed by atoms with Gasteiger partial charge in [-0.25, -0.2) is 0 Å². The molecule has 7 nitrogen and oxygen atoms in total. The van der Waals surface area contributed by atoms with Gasteiger partial charge in [0.05, 0.1) is 6.61 Å². The lowest BCUT2D eigenvalue weighted by Gasteiger charge is -2.42. The van der Waals surface area contributed by atoms with Gasteiger partial charge >= 0.3 is 0 Å². The van der Waals surface area contributed by atoms with E-state index >= 15 is 0 Å². The fourth-order valence-electron chi connectivity index (χ4n) is 2.20. The van der Waals surface area contributed by atoms with Gasteiger partial charge in [0.1, 0.15) is 30.1 Å². The quantitative estimate of drug-likeness (QED) is 0.568. The van der Waals surface area contributed by atoms with Crippen molar-refractivity contribution in [2.24, 2.45) is 0 Å². The summed E-state index contributed by atoms with van der Waals surface area (Å²) in [7, 11) is 0. The van der Waals surface area contributed by atoms with Crippen molar-refractivity contribution in [2.45, 2.75) is 37.6 Å². The first kappa shape index (κ1) is 15.7. The van der Waals surface area contributed by atoms with Crippen molar-refractivity contribution >= 4 is 5.91 Å². The smallest absolute Gasteiger partial charge is 0.223 e. The Morgan fingerprint density at radius 2 is 1.95 bits per heavy atom. The van der Waals surface area contributed by atoms with E-state index in [2.05, 4.69) is 5.32 Å². The second-order valence-corrected chi connectivity index (χ2v) is 4.86. The number of aliphatic hydroxyl groups excluding tert-OH is 3. The van der Waals surface area contributed by atoms with Crippen molar-refractivity contribution in [3.63, 3.8) is 0 Å². The fraction of sp³-hybridized carbons (Fsp3) is 0.500. The van der Waals surface area contributed by atoms with Gasteiger partial charge in [-0.15, -0.1) is 0 Å². The highest BCUT2D eigenvalue weighted by Gasteiger charge is 2.45. The van der Waals surface area contributed by atoms with Crippen LogP contribution in [0.2, 0.25) is 0 Å². The van der Waals surface area contributed by atoms with E-state index in [1.54, 1.807) is 24.3 Å². The molecule has 1 amide bonds. The summed E-state index contributed by atoms with van der Waals surface area (Å²) in [5.41, 5.74) is 0. The molecule has 7 heteroatoms. The van der Waals surface area contributed by atoms with Crippen molar-refractivity contribution in [1.82, 2.24) is 5.32 Å². The maximum Gasteiger partial charge on any atom is 0.223 e. The summed E-state index contributed by atoms with van der Waals surface area (Å²) < 4.78 is 11.0. The average molecular weight is 297 g/mol. The predicted molar refractivity (Wildman–Crippen MR) is 72.4 cm³/mol. The molecule has 5 atom stereocenters. The second-order valence-electron chi connectivity index (χ2n) is 4.86. The van der Waals surface area contributed by atoms with E-state index < -0.39 is 37.3 Å². The minimum Gasteiger partial charge on any atom is -0.463 e. The molecule has 0 bridgehead atoms. The van der Waals surface area contributed by atoms with Crippen LogP contribution in [-0.2, 0) is 9.53 Å². The molecule has 1 aliphatic heterocycles. The van der Waals surface area contributed by atoms with Crippen LogP contribution in [0.15, 0.2) is 30.3 Å². The number of carbonyl (C=O) groups excluding carboxylic acids is 1. The SMILES string of the molecule is CC(=O)N[C@@H]1[C@H](Oc2ccccc2)O[C@@H](CO)[C@H](O)[C@H]1O. The van der Waals surface area contributed by atoms with Gasteiger partial charge in [-0.1, -0.05) is 18.2 Å². The standard InChI is InChI=1S/C14H19NO6/c1-8(17)15-11-13(19)12(18)10(7-16)21-14(11)20-9-5-3-2-4-6-9/h2-6,10-14,16,18-19H,7H2,1H3,(H,15,17)/t10-,11-,12-,13-,14+/m0/s1. The van der Waals surface area contributed by atoms with Gasteiger partial charge in [0, 0.05) is 6.92 Å². The Morgan fingerprint density at radius 3 is 2.52 bits per heavy atom. The Hall–Kier alpha value is -1.67. The molecular weight excluding hydrogens is 278 g/mol. The summed E-state index contributed by atoms with van der Waals surface area (Å²) >= 11 is 0. The van der Waals surface area contributed by atoms with Crippen LogP contribution in [0.5, 0.6) is 5.75 Å². The largest absolute Gasteiger partial charge is 0.463 e. The van der Waals surface area contributed by atoms with Gasteiger partial charge < -0.3 is 30.1 Å². The summed E-state index contributed by atoms with van der Waals surface area (Å²) in [6.45, 7) is 0.816.